The summed E-state index contributed by atoms with van der Waals surface area (Å²) in [6.45, 7) is 10.1. The second-order valence-corrected chi connectivity index (χ2v) is 14.6. The average Bonchev–Trinajstić information content (AvgIpc) is 3.63. The largest absolute Gasteiger partial charge is 0.491 e. The molecule has 4 N–H and O–H groups in total. The van der Waals surface area contributed by atoms with E-state index in [0.29, 0.717) is 21.8 Å². The first kappa shape index (κ1) is 36.9. The van der Waals surface area contributed by atoms with E-state index in [-0.39, 0.29) is 17.9 Å². The lowest BCUT2D eigenvalue weighted by Crippen LogP contribution is -2.54. The number of carbonyl (C=O) groups is 3. The number of amides is 2. The van der Waals surface area contributed by atoms with Crippen molar-refractivity contribution in [2.75, 3.05) is 0 Å². The summed E-state index contributed by atoms with van der Waals surface area (Å²) < 4.78 is 5.72. The normalized spacial score (nSPS) is 13.2. The molecular weight excluding hydrogens is 665 g/mol. The predicted molar refractivity (Wildman–Crippen MR) is 198 cm³/mol. The maximum Gasteiger partial charge on any atom is 0.329 e. The van der Waals surface area contributed by atoms with Gasteiger partial charge in [0, 0.05) is 34.8 Å². The number of hydrogen-bond acceptors (Lipinski definition) is 8. The Kier molecular flexibility index (Phi) is 11.6. The minimum atomic E-state index is -1.65. The molecule has 10 nitrogen and oxygen atoms in total. The summed E-state index contributed by atoms with van der Waals surface area (Å²) in [5.74, 6) is -1.31. The molecule has 0 radical (unpaired) electrons. The number of hydrogen-bond donors (Lipinski definition) is 4. The van der Waals surface area contributed by atoms with Crippen LogP contribution in [-0.4, -0.2) is 56.2 Å². The van der Waals surface area contributed by atoms with E-state index in [2.05, 4.69) is 20.6 Å². The van der Waals surface area contributed by atoms with Gasteiger partial charge in [-0.05, 0) is 60.2 Å². The number of ether oxygens (including phenoxy) is 1. The molecule has 11 heteroatoms. The minimum Gasteiger partial charge on any atom is -0.491 e. The van der Waals surface area contributed by atoms with Crippen LogP contribution in [0.3, 0.4) is 0 Å². The molecule has 3 atom stereocenters. The van der Waals surface area contributed by atoms with E-state index < -0.39 is 36.0 Å². The molecule has 3 aromatic carbocycles. The lowest BCUT2D eigenvalue weighted by atomic mass is 9.95. The second-order valence-electron chi connectivity index (χ2n) is 13.5. The average molecular weight is 707 g/mol. The summed E-state index contributed by atoms with van der Waals surface area (Å²) in [6.07, 6.45) is 2.13. The van der Waals surface area contributed by atoms with Crippen LogP contribution < -0.4 is 15.4 Å². The van der Waals surface area contributed by atoms with Gasteiger partial charge >= 0.3 is 5.97 Å². The molecule has 5 rings (SSSR count). The van der Waals surface area contributed by atoms with Crippen molar-refractivity contribution in [1.29, 1.82) is 0 Å². The summed E-state index contributed by atoms with van der Waals surface area (Å²) in [7, 11) is 0. The highest BCUT2D eigenvalue weighted by atomic mass is 32.1. The molecular formula is C40H42N4O6S. The highest BCUT2D eigenvalue weighted by molar-refractivity contribution is 7.14. The summed E-state index contributed by atoms with van der Waals surface area (Å²) in [5, 5.41) is 26.1. The van der Waals surface area contributed by atoms with E-state index in [1.54, 1.807) is 48.8 Å². The van der Waals surface area contributed by atoms with Crippen LogP contribution >= 0.6 is 11.3 Å². The number of aliphatic carboxylic acids is 1. The Morgan fingerprint density at radius 2 is 1.43 bits per heavy atom. The van der Waals surface area contributed by atoms with Crippen LogP contribution in [-0.2, 0) is 21.4 Å². The Morgan fingerprint density at radius 1 is 0.804 bits per heavy atom. The lowest BCUT2D eigenvalue weighted by molar-refractivity contribution is -0.145. The zero-order valence-electron chi connectivity index (χ0n) is 29.2. The number of nitrogens with zero attached hydrogens (tertiary/aromatic N) is 2. The van der Waals surface area contributed by atoms with Crippen LogP contribution in [0.4, 0.5) is 0 Å². The Hall–Kier alpha value is -5.39. The van der Waals surface area contributed by atoms with E-state index in [1.165, 1.54) is 11.3 Å². The number of rotatable bonds is 13. The van der Waals surface area contributed by atoms with Crippen molar-refractivity contribution in [1.82, 2.24) is 20.6 Å². The molecule has 0 aliphatic heterocycles. The summed E-state index contributed by atoms with van der Waals surface area (Å²) in [5.41, 5.74) is 3.44. The molecule has 3 unspecified atom stereocenters. The SMILES string of the molecule is CC(C)Oc1ccc(-c2cnc(-c3ccc(CC(NC(=O)c4ccc(C(C)(C)C)s4)C(=O)NC(C(=O)O)C(O)c4ccccc4)cc3)nc2)cc1. The van der Waals surface area contributed by atoms with Crippen LogP contribution in [0.1, 0.15) is 66.4 Å². The second kappa shape index (κ2) is 16.1. The van der Waals surface area contributed by atoms with Crippen LogP contribution in [0, 0.1) is 0 Å². The first-order chi connectivity index (χ1) is 24.3. The standard InChI is InChI=1S/C40H42N4O6S/c1-24(2)50-30-17-15-26(16-18-30)29-22-41-36(42-23-29)28-13-11-25(12-14-28)21-31(43-38(47)32-19-20-33(51-32)40(3,4)5)37(46)44-34(39(48)49)35(45)27-9-7-6-8-10-27/h6-20,22-24,31,34-35,45H,21H2,1-5H3,(H,43,47)(H,44,46)(H,48,49). The molecule has 0 fully saturated rings. The number of nitrogens with one attached hydrogen (secondary N) is 2. The predicted octanol–water partition coefficient (Wildman–Crippen LogP) is 6.60. The Morgan fingerprint density at radius 3 is 2.00 bits per heavy atom. The number of carbonyl (C=O) groups excluding carboxylic acids is 2. The van der Waals surface area contributed by atoms with Gasteiger partial charge in [0.15, 0.2) is 11.9 Å². The molecule has 0 bridgehead atoms. The Balaban J connectivity index is 1.34. The molecule has 264 valence electrons. The van der Waals surface area contributed by atoms with Crippen molar-refractivity contribution in [2.24, 2.45) is 0 Å². The molecule has 0 aliphatic rings. The maximum atomic E-state index is 13.7. The minimum absolute atomic E-state index is 0.0550. The van der Waals surface area contributed by atoms with Gasteiger partial charge in [-0.25, -0.2) is 14.8 Å². The highest BCUT2D eigenvalue weighted by Crippen LogP contribution is 2.30. The van der Waals surface area contributed by atoms with Crippen molar-refractivity contribution in [3.8, 4) is 28.3 Å². The molecule has 2 heterocycles. The molecule has 0 saturated heterocycles. The third-order valence-corrected chi connectivity index (χ3v) is 9.58. The monoisotopic (exact) mass is 706 g/mol. The van der Waals surface area contributed by atoms with Crippen LogP contribution in [0.15, 0.2) is 103 Å². The lowest BCUT2D eigenvalue weighted by Gasteiger charge is -2.24. The van der Waals surface area contributed by atoms with Gasteiger partial charge in [0.05, 0.1) is 11.0 Å². The van der Waals surface area contributed by atoms with Crippen LogP contribution in [0.2, 0.25) is 0 Å². The van der Waals surface area contributed by atoms with Gasteiger partial charge < -0.3 is 25.6 Å². The van der Waals surface area contributed by atoms with Crippen molar-refractivity contribution >= 4 is 29.1 Å². The number of carboxylic acid groups (broad SMARTS) is 1. The molecule has 5 aromatic rings. The summed E-state index contributed by atoms with van der Waals surface area (Å²) >= 11 is 1.33. The number of aromatic nitrogens is 2. The quantitative estimate of drug-likeness (QED) is 0.107. The number of benzene rings is 3. The third-order valence-electron chi connectivity index (χ3n) is 8.07. The first-order valence-corrected chi connectivity index (χ1v) is 17.5. The molecule has 2 aromatic heterocycles. The first-order valence-electron chi connectivity index (χ1n) is 16.6. The smallest absolute Gasteiger partial charge is 0.329 e. The Bertz CT molecular complexity index is 1940. The fourth-order valence-electron chi connectivity index (χ4n) is 5.32. The van der Waals surface area contributed by atoms with Crippen LogP contribution in [0.5, 0.6) is 5.75 Å². The van der Waals surface area contributed by atoms with Gasteiger partial charge in [0.2, 0.25) is 5.91 Å². The highest BCUT2D eigenvalue weighted by Gasteiger charge is 2.33. The van der Waals surface area contributed by atoms with Gasteiger partial charge in [-0.15, -0.1) is 11.3 Å². The van der Waals surface area contributed by atoms with Gasteiger partial charge in [0.1, 0.15) is 17.9 Å². The van der Waals surface area contributed by atoms with Crippen LogP contribution in [0.25, 0.3) is 22.5 Å². The maximum absolute atomic E-state index is 13.7. The number of thiophene rings is 1. The fourth-order valence-corrected chi connectivity index (χ4v) is 6.29. The van der Waals surface area contributed by atoms with Crippen molar-refractivity contribution in [3.05, 3.63) is 124 Å². The molecule has 51 heavy (non-hydrogen) atoms. The fraction of sp³-hybridized carbons (Fsp3) is 0.275. The third kappa shape index (κ3) is 9.65. The van der Waals surface area contributed by atoms with E-state index in [0.717, 1.165) is 27.3 Å². The van der Waals surface area contributed by atoms with E-state index in [9.17, 15) is 24.6 Å². The summed E-state index contributed by atoms with van der Waals surface area (Å²) in [6, 6.07) is 24.0. The van der Waals surface area contributed by atoms with Gasteiger partial charge in [-0.3, -0.25) is 9.59 Å². The van der Waals surface area contributed by atoms with E-state index >= 15 is 0 Å². The zero-order chi connectivity index (χ0) is 36.7. The zero-order valence-corrected chi connectivity index (χ0v) is 30.0. The van der Waals surface area contributed by atoms with Gasteiger partial charge in [0.25, 0.3) is 5.91 Å². The Labute approximate surface area is 301 Å². The van der Waals surface area contributed by atoms with Gasteiger partial charge in [-0.1, -0.05) is 87.5 Å². The van der Waals surface area contributed by atoms with E-state index in [1.807, 2.05) is 89.2 Å². The molecule has 0 spiro atoms. The number of aliphatic hydroxyl groups is 1. The van der Waals surface area contributed by atoms with Gasteiger partial charge in [-0.2, -0.15) is 0 Å². The topological polar surface area (TPSA) is 151 Å². The summed E-state index contributed by atoms with van der Waals surface area (Å²) in [4.78, 5) is 49.9. The molecule has 2 amide bonds. The van der Waals surface area contributed by atoms with Crippen molar-refractivity contribution in [3.63, 3.8) is 0 Å². The number of aliphatic hydroxyl groups excluding tert-OH is 1. The van der Waals surface area contributed by atoms with Crippen molar-refractivity contribution < 1.29 is 29.3 Å². The molecule has 0 saturated carbocycles. The van der Waals surface area contributed by atoms with Crippen molar-refractivity contribution in [2.45, 2.75) is 70.7 Å². The van der Waals surface area contributed by atoms with E-state index in [4.69, 9.17) is 4.74 Å². The number of carboxylic acids is 1. The molecule has 0 aliphatic carbocycles.